The van der Waals surface area contributed by atoms with Crippen molar-refractivity contribution in [1.82, 2.24) is 0 Å². The fourth-order valence-electron chi connectivity index (χ4n) is 1.67. The van der Waals surface area contributed by atoms with Gasteiger partial charge in [0.15, 0.2) is 11.6 Å². The number of carboxylic acids is 2. The van der Waals surface area contributed by atoms with E-state index in [1.165, 1.54) is 0 Å². The maximum atomic E-state index is 12.2. The van der Waals surface area contributed by atoms with E-state index < -0.39 is 22.8 Å². The largest absolute Gasteiger partial charge is 0.481 e. The van der Waals surface area contributed by atoms with Gasteiger partial charge in [0.25, 0.3) is 11.9 Å². The molecule has 1 aromatic rings. The zero-order valence-electron chi connectivity index (χ0n) is 16.8. The molecule has 6 nitrogen and oxygen atoms in total. The Balaban J connectivity index is 0. The molecule has 0 bridgehead atoms. The van der Waals surface area contributed by atoms with E-state index in [4.69, 9.17) is 19.8 Å². The molecule has 0 saturated heterocycles. The number of carbonyl (C=O) groups is 4. The lowest BCUT2D eigenvalue weighted by Crippen LogP contribution is -2.23. The van der Waals surface area contributed by atoms with Crippen LogP contribution in [0.2, 0.25) is 0 Å². The Kier molecular flexibility index (Phi) is 10.4. The molecule has 0 aromatic heterocycles. The maximum absolute atomic E-state index is 12.2. The second kappa shape index (κ2) is 10.5. The molecule has 0 fully saturated rings. The Morgan fingerprint density at radius 3 is 1.12 bits per heavy atom. The summed E-state index contributed by atoms with van der Waals surface area (Å²) in [4.78, 5) is 42.4. The molecule has 0 saturated carbocycles. The van der Waals surface area contributed by atoms with Gasteiger partial charge in [-0.1, -0.05) is 59.7 Å². The zero-order valence-corrected chi connectivity index (χ0v) is 16.8. The molecular formula is C20H30O6. The van der Waals surface area contributed by atoms with Gasteiger partial charge in [0.05, 0.1) is 0 Å². The van der Waals surface area contributed by atoms with Gasteiger partial charge in [-0.05, 0) is 6.07 Å². The van der Waals surface area contributed by atoms with Crippen molar-refractivity contribution in [2.24, 2.45) is 10.8 Å². The number of carbonyl (C=O) groups excluding carboxylic acids is 2. The molecule has 0 radical (unpaired) electrons. The highest BCUT2D eigenvalue weighted by molar-refractivity contribution is 6.04. The quantitative estimate of drug-likeness (QED) is 0.754. The summed E-state index contributed by atoms with van der Waals surface area (Å²) in [5, 5.41) is 14.8. The number of hydrogen-bond donors (Lipinski definition) is 2. The van der Waals surface area contributed by atoms with Gasteiger partial charge in [0.2, 0.25) is 0 Å². The maximum Gasteiger partial charge on any atom is 0.300 e. The summed E-state index contributed by atoms with van der Waals surface area (Å²) >= 11 is 0. The minimum atomic E-state index is -0.833. The van der Waals surface area contributed by atoms with E-state index >= 15 is 0 Å². The van der Waals surface area contributed by atoms with Crippen LogP contribution in [0.15, 0.2) is 24.3 Å². The summed E-state index contributed by atoms with van der Waals surface area (Å²) in [6.45, 7) is 13.5. The van der Waals surface area contributed by atoms with Gasteiger partial charge >= 0.3 is 0 Å². The fourth-order valence-corrected chi connectivity index (χ4v) is 1.67. The zero-order chi connectivity index (χ0) is 21.3. The van der Waals surface area contributed by atoms with Crippen LogP contribution in [0.5, 0.6) is 0 Å². The van der Waals surface area contributed by atoms with Gasteiger partial charge in [0.1, 0.15) is 0 Å². The lowest BCUT2D eigenvalue weighted by Gasteiger charge is -2.19. The van der Waals surface area contributed by atoms with Crippen LogP contribution in [-0.4, -0.2) is 33.7 Å². The molecule has 0 spiro atoms. The molecule has 0 atom stereocenters. The number of carboxylic acid groups (broad SMARTS) is 2. The van der Waals surface area contributed by atoms with Gasteiger partial charge in [-0.3, -0.25) is 19.2 Å². The van der Waals surface area contributed by atoms with Crippen molar-refractivity contribution >= 4 is 23.5 Å². The Labute approximate surface area is 155 Å². The summed E-state index contributed by atoms with van der Waals surface area (Å²) in [6.07, 6.45) is 0. The average Bonchev–Trinajstić information content (AvgIpc) is 2.42. The fraction of sp³-hybridized carbons (Fsp3) is 0.500. The van der Waals surface area contributed by atoms with Crippen LogP contribution in [0.25, 0.3) is 0 Å². The Bertz CT molecular complexity index is 584. The van der Waals surface area contributed by atoms with E-state index in [2.05, 4.69) is 0 Å². The van der Waals surface area contributed by atoms with Crippen LogP contribution in [0.1, 0.15) is 76.1 Å². The number of ketones is 2. The van der Waals surface area contributed by atoms with Gasteiger partial charge < -0.3 is 10.2 Å². The molecule has 146 valence electrons. The molecule has 0 aliphatic heterocycles. The Hall–Kier alpha value is -2.50. The van der Waals surface area contributed by atoms with Gasteiger partial charge in [-0.25, -0.2) is 0 Å². The first-order chi connectivity index (χ1) is 11.5. The van der Waals surface area contributed by atoms with Crippen molar-refractivity contribution in [3.05, 3.63) is 35.4 Å². The SMILES string of the molecule is CC(=O)O.CC(=O)O.CC(C)(C)C(=O)c1cccc(C(=O)C(C)(C)C)c1. The first kappa shape index (κ1) is 25.7. The Morgan fingerprint density at radius 1 is 0.692 bits per heavy atom. The first-order valence-corrected chi connectivity index (χ1v) is 8.09. The van der Waals surface area contributed by atoms with E-state index in [-0.39, 0.29) is 11.6 Å². The third kappa shape index (κ3) is 11.9. The van der Waals surface area contributed by atoms with Crippen molar-refractivity contribution in [1.29, 1.82) is 0 Å². The second-order valence-electron chi connectivity index (χ2n) is 7.78. The van der Waals surface area contributed by atoms with Crippen molar-refractivity contribution in [3.63, 3.8) is 0 Å². The van der Waals surface area contributed by atoms with Crippen molar-refractivity contribution in [2.45, 2.75) is 55.4 Å². The summed E-state index contributed by atoms with van der Waals surface area (Å²) in [5.41, 5.74) is 0.363. The smallest absolute Gasteiger partial charge is 0.300 e. The predicted molar refractivity (Wildman–Crippen MR) is 101 cm³/mol. The lowest BCUT2D eigenvalue weighted by atomic mass is 9.83. The normalized spacial score (nSPS) is 10.5. The number of benzene rings is 1. The molecule has 0 amide bonds. The topological polar surface area (TPSA) is 109 Å². The van der Waals surface area contributed by atoms with Crippen LogP contribution in [0.3, 0.4) is 0 Å². The highest BCUT2D eigenvalue weighted by Gasteiger charge is 2.26. The summed E-state index contributed by atoms with van der Waals surface area (Å²) < 4.78 is 0. The summed E-state index contributed by atoms with van der Waals surface area (Å²) in [7, 11) is 0. The highest BCUT2D eigenvalue weighted by Crippen LogP contribution is 2.24. The van der Waals surface area contributed by atoms with Crippen LogP contribution in [-0.2, 0) is 9.59 Å². The van der Waals surface area contributed by atoms with Crippen LogP contribution in [0, 0.1) is 10.8 Å². The third-order valence-electron chi connectivity index (χ3n) is 2.75. The van der Waals surface area contributed by atoms with Gasteiger partial charge in [0, 0.05) is 35.8 Å². The molecule has 1 aromatic carbocycles. The minimum Gasteiger partial charge on any atom is -0.481 e. The summed E-state index contributed by atoms with van der Waals surface area (Å²) in [5.74, 6) is -1.54. The van der Waals surface area contributed by atoms with Crippen molar-refractivity contribution in [2.75, 3.05) is 0 Å². The molecular weight excluding hydrogens is 336 g/mol. The van der Waals surface area contributed by atoms with Crippen molar-refractivity contribution < 1.29 is 29.4 Å². The molecule has 1 rings (SSSR count). The Morgan fingerprint density at radius 2 is 0.923 bits per heavy atom. The van der Waals surface area contributed by atoms with Gasteiger partial charge in [-0.2, -0.15) is 0 Å². The van der Waals surface area contributed by atoms with E-state index in [0.29, 0.717) is 11.1 Å². The summed E-state index contributed by atoms with van der Waals surface area (Å²) in [6, 6.07) is 7.03. The predicted octanol–water partition coefficient (Wildman–Crippen LogP) is 4.33. The number of hydrogen-bond acceptors (Lipinski definition) is 4. The van der Waals surface area contributed by atoms with Gasteiger partial charge in [-0.15, -0.1) is 0 Å². The monoisotopic (exact) mass is 366 g/mol. The van der Waals surface area contributed by atoms with E-state index in [9.17, 15) is 9.59 Å². The minimum absolute atomic E-state index is 0.0612. The number of Topliss-reactive ketones (excluding diaryl/α,β-unsaturated/α-hetero) is 2. The van der Waals surface area contributed by atoms with Crippen molar-refractivity contribution in [3.8, 4) is 0 Å². The number of rotatable bonds is 2. The molecule has 0 heterocycles. The van der Waals surface area contributed by atoms with Crippen LogP contribution < -0.4 is 0 Å². The molecule has 0 aliphatic rings. The standard InChI is InChI=1S/C16H22O2.2C2H4O2/c1-15(2,3)13(17)11-8-7-9-12(10-11)14(18)16(4,5)6;2*1-2(3)4/h7-10H,1-6H3;2*1H3,(H,3,4). The second-order valence-corrected chi connectivity index (χ2v) is 7.78. The van der Waals surface area contributed by atoms with Crippen LogP contribution in [0.4, 0.5) is 0 Å². The molecule has 26 heavy (non-hydrogen) atoms. The molecule has 0 unspecified atom stereocenters. The lowest BCUT2D eigenvalue weighted by molar-refractivity contribution is -0.135. The third-order valence-corrected chi connectivity index (χ3v) is 2.75. The molecule has 6 heteroatoms. The number of aliphatic carboxylic acids is 2. The average molecular weight is 366 g/mol. The van der Waals surface area contributed by atoms with Crippen LogP contribution >= 0.6 is 0 Å². The molecule has 2 N–H and O–H groups in total. The highest BCUT2D eigenvalue weighted by atomic mass is 16.4. The first-order valence-electron chi connectivity index (χ1n) is 8.09. The van der Waals surface area contributed by atoms with E-state index in [1.54, 1.807) is 24.3 Å². The van der Waals surface area contributed by atoms with E-state index in [0.717, 1.165) is 13.8 Å². The van der Waals surface area contributed by atoms with E-state index in [1.807, 2.05) is 41.5 Å². The molecule has 0 aliphatic carbocycles.